The lowest BCUT2D eigenvalue weighted by Gasteiger charge is -2.11. The van der Waals surface area contributed by atoms with Crippen LogP contribution in [0.3, 0.4) is 0 Å². The molecule has 0 unspecified atom stereocenters. The Morgan fingerprint density at radius 2 is 2.00 bits per heavy atom. The minimum absolute atomic E-state index is 0. The summed E-state index contributed by atoms with van der Waals surface area (Å²) < 4.78 is 5.65. The van der Waals surface area contributed by atoms with E-state index in [0.717, 1.165) is 13.0 Å². The van der Waals surface area contributed by atoms with E-state index in [4.69, 9.17) is 4.74 Å². The average molecular weight is 265 g/mol. The first kappa shape index (κ1) is 16.7. The Bertz CT molecular complexity index is 197. The molecule has 2 N–H and O–H groups in total. The number of ether oxygens (including phenoxy) is 1. The van der Waals surface area contributed by atoms with Crippen molar-refractivity contribution < 1.29 is 9.53 Å². The number of amides is 1. The molecule has 0 atom stereocenters. The highest BCUT2D eigenvalue weighted by molar-refractivity contribution is 5.85. The second-order valence-electron chi connectivity index (χ2n) is 4.33. The van der Waals surface area contributed by atoms with E-state index in [1.807, 2.05) is 7.05 Å². The summed E-state index contributed by atoms with van der Waals surface area (Å²) in [7, 11) is 1.90. The van der Waals surface area contributed by atoms with Gasteiger partial charge in [0.25, 0.3) is 0 Å². The molecule has 0 aromatic heterocycles. The fourth-order valence-electron chi connectivity index (χ4n) is 1.99. The van der Waals surface area contributed by atoms with Crippen LogP contribution < -0.4 is 10.6 Å². The maximum absolute atomic E-state index is 11.3. The van der Waals surface area contributed by atoms with E-state index in [9.17, 15) is 4.79 Å². The van der Waals surface area contributed by atoms with Gasteiger partial charge in [0.15, 0.2) is 0 Å². The zero-order chi connectivity index (χ0) is 11.6. The van der Waals surface area contributed by atoms with Crippen LogP contribution in [0.25, 0.3) is 0 Å². The van der Waals surface area contributed by atoms with Gasteiger partial charge in [-0.15, -0.1) is 12.4 Å². The van der Waals surface area contributed by atoms with Crippen molar-refractivity contribution in [3.63, 3.8) is 0 Å². The number of carbonyl (C=O) groups is 1. The van der Waals surface area contributed by atoms with Crippen LogP contribution in [-0.2, 0) is 9.53 Å². The van der Waals surface area contributed by atoms with Gasteiger partial charge >= 0.3 is 0 Å². The Hall–Kier alpha value is -0.320. The SMILES string of the molecule is CNCCCC(=O)NCCOC1CCCC1.Cl. The smallest absolute Gasteiger partial charge is 0.220 e. The van der Waals surface area contributed by atoms with Gasteiger partial charge < -0.3 is 15.4 Å². The molecule has 0 saturated heterocycles. The molecule has 102 valence electrons. The molecular formula is C12H25ClN2O2. The Morgan fingerprint density at radius 1 is 1.29 bits per heavy atom. The largest absolute Gasteiger partial charge is 0.376 e. The van der Waals surface area contributed by atoms with Crippen molar-refractivity contribution in [2.75, 3.05) is 26.7 Å². The van der Waals surface area contributed by atoms with Gasteiger partial charge in [0.2, 0.25) is 5.91 Å². The molecule has 1 aliphatic rings. The van der Waals surface area contributed by atoms with Crippen LogP contribution in [-0.4, -0.2) is 38.8 Å². The minimum Gasteiger partial charge on any atom is -0.376 e. The molecule has 0 radical (unpaired) electrons. The topological polar surface area (TPSA) is 50.4 Å². The van der Waals surface area contributed by atoms with E-state index in [0.29, 0.717) is 25.7 Å². The Morgan fingerprint density at radius 3 is 2.65 bits per heavy atom. The molecule has 1 amide bonds. The summed E-state index contributed by atoms with van der Waals surface area (Å²) in [5.74, 6) is 0.130. The molecule has 0 spiro atoms. The number of halogens is 1. The predicted molar refractivity (Wildman–Crippen MR) is 71.6 cm³/mol. The van der Waals surface area contributed by atoms with Gasteiger partial charge in [-0.05, 0) is 32.9 Å². The summed E-state index contributed by atoms with van der Waals surface area (Å²) in [5, 5.41) is 5.90. The third kappa shape index (κ3) is 8.41. The molecule has 0 aromatic rings. The minimum atomic E-state index is 0. The van der Waals surface area contributed by atoms with Crippen molar-refractivity contribution in [3.8, 4) is 0 Å². The third-order valence-corrected chi connectivity index (χ3v) is 2.91. The van der Waals surface area contributed by atoms with Crippen LogP contribution in [0, 0.1) is 0 Å². The molecule has 0 heterocycles. The normalized spacial score (nSPS) is 15.6. The van der Waals surface area contributed by atoms with Gasteiger partial charge in [0.1, 0.15) is 0 Å². The van der Waals surface area contributed by atoms with E-state index >= 15 is 0 Å². The maximum Gasteiger partial charge on any atom is 0.220 e. The predicted octanol–water partition coefficient (Wildman–Crippen LogP) is 1.48. The van der Waals surface area contributed by atoms with Crippen molar-refractivity contribution in [2.45, 2.75) is 44.6 Å². The summed E-state index contributed by atoms with van der Waals surface area (Å²) in [6, 6.07) is 0. The van der Waals surface area contributed by atoms with Crippen LogP contribution in [0.4, 0.5) is 0 Å². The first-order valence-corrected chi connectivity index (χ1v) is 6.36. The van der Waals surface area contributed by atoms with E-state index in [2.05, 4.69) is 10.6 Å². The number of rotatable bonds is 8. The third-order valence-electron chi connectivity index (χ3n) is 2.91. The molecule has 0 bridgehead atoms. The van der Waals surface area contributed by atoms with E-state index in [1.54, 1.807) is 0 Å². The van der Waals surface area contributed by atoms with Gasteiger partial charge in [0.05, 0.1) is 12.7 Å². The second kappa shape index (κ2) is 10.8. The Balaban J connectivity index is 0.00000256. The quantitative estimate of drug-likeness (QED) is 0.653. The van der Waals surface area contributed by atoms with Crippen LogP contribution in [0.15, 0.2) is 0 Å². The van der Waals surface area contributed by atoms with Crippen LogP contribution in [0.1, 0.15) is 38.5 Å². The van der Waals surface area contributed by atoms with Crippen molar-refractivity contribution >= 4 is 18.3 Å². The Kier molecular flexibility index (Phi) is 10.6. The van der Waals surface area contributed by atoms with Crippen molar-refractivity contribution in [1.29, 1.82) is 0 Å². The molecule has 4 nitrogen and oxygen atoms in total. The molecule has 0 aromatic carbocycles. The van der Waals surface area contributed by atoms with E-state index in [1.165, 1.54) is 25.7 Å². The monoisotopic (exact) mass is 264 g/mol. The molecule has 1 rings (SSSR count). The lowest BCUT2D eigenvalue weighted by Crippen LogP contribution is -2.28. The number of hydrogen-bond acceptors (Lipinski definition) is 3. The first-order chi connectivity index (χ1) is 7.83. The average Bonchev–Trinajstić information content (AvgIpc) is 2.78. The molecule has 1 aliphatic carbocycles. The van der Waals surface area contributed by atoms with Crippen LogP contribution >= 0.6 is 12.4 Å². The van der Waals surface area contributed by atoms with Crippen molar-refractivity contribution in [3.05, 3.63) is 0 Å². The summed E-state index contributed by atoms with van der Waals surface area (Å²) in [6.45, 7) is 2.20. The van der Waals surface area contributed by atoms with Gasteiger partial charge in [-0.3, -0.25) is 4.79 Å². The number of nitrogens with one attached hydrogen (secondary N) is 2. The van der Waals surface area contributed by atoms with Crippen LogP contribution in [0.2, 0.25) is 0 Å². The molecule has 17 heavy (non-hydrogen) atoms. The fraction of sp³-hybridized carbons (Fsp3) is 0.917. The zero-order valence-corrected chi connectivity index (χ0v) is 11.5. The van der Waals surface area contributed by atoms with Gasteiger partial charge in [-0.2, -0.15) is 0 Å². The highest BCUT2D eigenvalue weighted by Crippen LogP contribution is 2.20. The molecular weight excluding hydrogens is 240 g/mol. The lowest BCUT2D eigenvalue weighted by atomic mass is 10.3. The fourth-order valence-corrected chi connectivity index (χ4v) is 1.99. The molecule has 1 saturated carbocycles. The zero-order valence-electron chi connectivity index (χ0n) is 10.7. The summed E-state index contributed by atoms with van der Waals surface area (Å²) in [4.78, 5) is 11.3. The Labute approximate surface area is 110 Å². The lowest BCUT2D eigenvalue weighted by molar-refractivity contribution is -0.121. The van der Waals surface area contributed by atoms with E-state index in [-0.39, 0.29) is 18.3 Å². The van der Waals surface area contributed by atoms with Crippen molar-refractivity contribution in [2.24, 2.45) is 0 Å². The number of carbonyl (C=O) groups excluding carboxylic acids is 1. The molecule has 5 heteroatoms. The summed E-state index contributed by atoms with van der Waals surface area (Å²) in [5.41, 5.74) is 0. The van der Waals surface area contributed by atoms with Crippen molar-refractivity contribution in [1.82, 2.24) is 10.6 Å². The molecule has 0 aliphatic heterocycles. The second-order valence-corrected chi connectivity index (χ2v) is 4.33. The number of hydrogen-bond donors (Lipinski definition) is 2. The highest BCUT2D eigenvalue weighted by Gasteiger charge is 2.14. The van der Waals surface area contributed by atoms with Crippen LogP contribution in [0.5, 0.6) is 0 Å². The maximum atomic E-state index is 11.3. The summed E-state index contributed by atoms with van der Waals surface area (Å²) in [6.07, 6.45) is 6.91. The van der Waals surface area contributed by atoms with E-state index < -0.39 is 0 Å². The standard InChI is InChI=1S/C12H24N2O2.ClH/c1-13-8-4-7-12(15)14-9-10-16-11-5-2-3-6-11;/h11,13H,2-10H2,1H3,(H,14,15);1H. The van der Waals surface area contributed by atoms with Gasteiger partial charge in [-0.25, -0.2) is 0 Å². The molecule has 1 fully saturated rings. The van der Waals surface area contributed by atoms with Gasteiger partial charge in [0, 0.05) is 13.0 Å². The highest BCUT2D eigenvalue weighted by atomic mass is 35.5. The summed E-state index contributed by atoms with van der Waals surface area (Å²) >= 11 is 0. The first-order valence-electron chi connectivity index (χ1n) is 6.36. The van der Waals surface area contributed by atoms with Gasteiger partial charge in [-0.1, -0.05) is 12.8 Å².